The highest BCUT2D eigenvalue weighted by Gasteiger charge is 2.26. The molecule has 1 aromatic heterocycles. The highest BCUT2D eigenvalue weighted by atomic mass is 19.1. The van der Waals surface area contributed by atoms with Crippen molar-refractivity contribution in [2.75, 3.05) is 0 Å². The molecule has 0 spiro atoms. The van der Waals surface area contributed by atoms with Crippen LogP contribution < -0.4 is 5.32 Å². The van der Waals surface area contributed by atoms with E-state index in [4.69, 9.17) is 4.42 Å². The number of rotatable bonds is 7. The van der Waals surface area contributed by atoms with Gasteiger partial charge in [0.15, 0.2) is 0 Å². The number of carbonyl (C=O) groups is 1. The fraction of sp³-hybridized carbons (Fsp3) is 0.500. The third kappa shape index (κ3) is 4.63. The predicted molar refractivity (Wildman–Crippen MR) is 88.8 cm³/mol. The molecule has 130 valence electrons. The van der Waals surface area contributed by atoms with Crippen molar-refractivity contribution in [1.29, 1.82) is 0 Å². The Morgan fingerprint density at radius 3 is 2.42 bits per heavy atom. The number of amides is 1. The van der Waals surface area contributed by atoms with Crippen LogP contribution >= 0.6 is 0 Å². The second kappa shape index (κ2) is 8.04. The zero-order valence-corrected chi connectivity index (χ0v) is 14.5. The van der Waals surface area contributed by atoms with E-state index in [-0.39, 0.29) is 23.7 Å². The van der Waals surface area contributed by atoms with Crippen LogP contribution in [0.1, 0.15) is 62.9 Å². The average Bonchev–Trinajstić information content (AvgIpc) is 2.95. The van der Waals surface area contributed by atoms with Gasteiger partial charge in [0, 0.05) is 6.92 Å². The predicted octanol–water partition coefficient (Wildman–Crippen LogP) is 3.91. The normalized spacial score (nSPS) is 13.8. The molecule has 0 aliphatic carbocycles. The molecule has 2 aromatic rings. The minimum absolute atomic E-state index is 0.120. The Labute approximate surface area is 141 Å². The molecule has 6 heteroatoms. The molecule has 2 atom stereocenters. The van der Waals surface area contributed by atoms with E-state index in [1.807, 2.05) is 6.92 Å². The van der Waals surface area contributed by atoms with E-state index >= 15 is 0 Å². The van der Waals surface area contributed by atoms with Crippen molar-refractivity contribution in [1.82, 2.24) is 15.5 Å². The maximum absolute atomic E-state index is 13.1. The summed E-state index contributed by atoms with van der Waals surface area (Å²) >= 11 is 0. The zero-order valence-electron chi connectivity index (χ0n) is 14.5. The lowest BCUT2D eigenvalue weighted by Crippen LogP contribution is -2.33. The molecule has 24 heavy (non-hydrogen) atoms. The minimum atomic E-state index is -0.343. The summed E-state index contributed by atoms with van der Waals surface area (Å²) in [7, 11) is 0. The van der Waals surface area contributed by atoms with Crippen LogP contribution in [0.2, 0.25) is 0 Å². The topological polar surface area (TPSA) is 68.0 Å². The number of carbonyl (C=O) groups excluding carboxylic acids is 1. The first-order valence-corrected chi connectivity index (χ1v) is 8.26. The highest BCUT2D eigenvalue weighted by Crippen LogP contribution is 2.25. The van der Waals surface area contributed by atoms with Crippen molar-refractivity contribution < 1.29 is 13.6 Å². The summed E-state index contributed by atoms with van der Waals surface area (Å²) in [6.07, 6.45) is 1.32. The summed E-state index contributed by atoms with van der Waals surface area (Å²) in [5, 5.41) is 10.9. The number of halogens is 1. The van der Waals surface area contributed by atoms with Gasteiger partial charge in [-0.3, -0.25) is 4.79 Å². The van der Waals surface area contributed by atoms with Crippen LogP contribution in [-0.4, -0.2) is 16.1 Å². The van der Waals surface area contributed by atoms with Crippen LogP contribution in [0.25, 0.3) is 0 Å². The Balaban J connectivity index is 2.17. The van der Waals surface area contributed by atoms with Crippen molar-refractivity contribution in [2.45, 2.75) is 52.5 Å². The molecule has 2 rings (SSSR count). The molecular formula is C18H24FN3O2. The van der Waals surface area contributed by atoms with Crippen molar-refractivity contribution in [3.8, 4) is 0 Å². The molecule has 0 radical (unpaired) electrons. The first-order valence-electron chi connectivity index (χ1n) is 8.26. The fourth-order valence-electron chi connectivity index (χ4n) is 2.69. The van der Waals surface area contributed by atoms with Gasteiger partial charge < -0.3 is 9.73 Å². The Bertz CT molecular complexity index is 667. The smallest absolute Gasteiger partial charge is 0.238 e. The summed E-state index contributed by atoms with van der Waals surface area (Å²) in [6, 6.07) is 5.72. The van der Waals surface area contributed by atoms with Crippen LogP contribution in [0.5, 0.6) is 0 Å². The summed E-state index contributed by atoms with van der Waals surface area (Å²) < 4.78 is 18.6. The molecule has 0 saturated heterocycles. The monoisotopic (exact) mass is 333 g/mol. The third-order valence-corrected chi connectivity index (χ3v) is 3.86. The largest absolute Gasteiger partial charge is 0.423 e. The molecule has 1 N–H and O–H groups in total. The van der Waals surface area contributed by atoms with E-state index < -0.39 is 0 Å². The van der Waals surface area contributed by atoms with Crippen molar-refractivity contribution >= 4 is 5.91 Å². The second-order valence-electron chi connectivity index (χ2n) is 6.36. The van der Waals surface area contributed by atoms with Gasteiger partial charge in [-0.15, -0.1) is 10.2 Å². The number of nitrogens with zero attached hydrogens (tertiary/aromatic N) is 2. The van der Waals surface area contributed by atoms with Gasteiger partial charge in [-0.1, -0.05) is 32.9 Å². The maximum Gasteiger partial charge on any atom is 0.238 e. The molecule has 1 amide bonds. The van der Waals surface area contributed by atoms with Gasteiger partial charge in [-0.25, -0.2) is 4.39 Å². The quantitative estimate of drug-likeness (QED) is 0.834. The van der Waals surface area contributed by atoms with Crippen molar-refractivity contribution in [2.24, 2.45) is 5.92 Å². The lowest BCUT2D eigenvalue weighted by atomic mass is 9.94. The lowest BCUT2D eigenvalue weighted by molar-refractivity contribution is -0.123. The van der Waals surface area contributed by atoms with E-state index in [1.54, 1.807) is 19.1 Å². The van der Waals surface area contributed by atoms with Gasteiger partial charge in [0.1, 0.15) is 11.9 Å². The molecule has 0 saturated carbocycles. The SMILES string of the molecule is CCC(C(=O)NC(CC(C)C)c1nnc(C)o1)c1ccc(F)cc1. The molecule has 0 fully saturated rings. The summed E-state index contributed by atoms with van der Waals surface area (Å²) in [5.41, 5.74) is 0.793. The second-order valence-corrected chi connectivity index (χ2v) is 6.36. The van der Waals surface area contributed by atoms with Crippen LogP contribution in [-0.2, 0) is 4.79 Å². The van der Waals surface area contributed by atoms with E-state index in [1.165, 1.54) is 12.1 Å². The van der Waals surface area contributed by atoms with E-state index in [0.717, 1.165) is 5.56 Å². The number of nitrogens with one attached hydrogen (secondary N) is 1. The maximum atomic E-state index is 13.1. The van der Waals surface area contributed by atoms with Crippen LogP contribution in [0, 0.1) is 18.7 Å². The number of aryl methyl sites for hydroxylation is 1. The number of benzene rings is 1. The number of hydrogen-bond acceptors (Lipinski definition) is 4. The minimum Gasteiger partial charge on any atom is -0.423 e. The lowest BCUT2D eigenvalue weighted by Gasteiger charge is -2.21. The van der Waals surface area contributed by atoms with E-state index in [9.17, 15) is 9.18 Å². The van der Waals surface area contributed by atoms with Gasteiger partial charge in [0.25, 0.3) is 0 Å². The first-order chi connectivity index (χ1) is 11.4. The molecule has 1 aromatic carbocycles. The Morgan fingerprint density at radius 1 is 1.25 bits per heavy atom. The molecule has 0 aliphatic rings. The molecular weight excluding hydrogens is 309 g/mol. The molecule has 5 nitrogen and oxygen atoms in total. The van der Waals surface area contributed by atoms with Crippen LogP contribution in [0.4, 0.5) is 4.39 Å². The van der Waals surface area contributed by atoms with E-state index in [0.29, 0.717) is 30.5 Å². The van der Waals surface area contributed by atoms with E-state index in [2.05, 4.69) is 29.4 Å². The molecule has 2 unspecified atom stereocenters. The van der Waals surface area contributed by atoms with Gasteiger partial charge in [-0.2, -0.15) is 0 Å². The zero-order chi connectivity index (χ0) is 17.7. The van der Waals surface area contributed by atoms with Crippen LogP contribution in [0.15, 0.2) is 28.7 Å². The van der Waals surface area contributed by atoms with Crippen molar-refractivity contribution in [3.05, 3.63) is 47.4 Å². The van der Waals surface area contributed by atoms with Crippen LogP contribution in [0.3, 0.4) is 0 Å². The third-order valence-electron chi connectivity index (χ3n) is 3.86. The highest BCUT2D eigenvalue weighted by molar-refractivity contribution is 5.83. The summed E-state index contributed by atoms with van der Waals surface area (Å²) in [6.45, 7) is 7.79. The Morgan fingerprint density at radius 2 is 1.92 bits per heavy atom. The van der Waals surface area contributed by atoms with Gasteiger partial charge in [-0.05, 0) is 36.5 Å². The Kier molecular flexibility index (Phi) is 6.06. The average molecular weight is 333 g/mol. The standard InChI is InChI=1S/C18H24FN3O2/c1-5-15(13-6-8-14(19)9-7-13)17(23)20-16(10-11(2)3)18-22-21-12(4)24-18/h6-9,11,15-16H,5,10H2,1-4H3,(H,20,23). The Hall–Kier alpha value is -2.24. The van der Waals surface area contributed by atoms with Crippen molar-refractivity contribution in [3.63, 3.8) is 0 Å². The summed E-state index contributed by atoms with van der Waals surface area (Å²) in [4.78, 5) is 12.7. The van der Waals surface area contributed by atoms with Gasteiger partial charge in [0.2, 0.25) is 17.7 Å². The van der Waals surface area contributed by atoms with Gasteiger partial charge in [0.05, 0.1) is 5.92 Å². The fourth-order valence-corrected chi connectivity index (χ4v) is 2.69. The first kappa shape index (κ1) is 18.1. The number of hydrogen-bond donors (Lipinski definition) is 1. The molecule has 1 heterocycles. The summed E-state index contributed by atoms with van der Waals surface area (Å²) in [5.74, 6) is 0.471. The number of aromatic nitrogens is 2. The van der Waals surface area contributed by atoms with Gasteiger partial charge >= 0.3 is 0 Å². The molecule has 0 bridgehead atoms. The molecule has 0 aliphatic heterocycles.